The highest BCUT2D eigenvalue weighted by Gasteiger charge is 2.48. The average Bonchev–Trinajstić information content (AvgIpc) is 3.01. The molecule has 0 N–H and O–H groups in total. The van der Waals surface area contributed by atoms with E-state index in [4.69, 9.17) is 16.3 Å². The maximum Gasteiger partial charge on any atom is 0.408 e. The van der Waals surface area contributed by atoms with Crippen LogP contribution in [-0.4, -0.2) is 40.3 Å². The molecule has 3 aromatic rings. The summed E-state index contributed by atoms with van der Waals surface area (Å²) in [5, 5.41) is 1.99. The van der Waals surface area contributed by atoms with E-state index in [0.717, 1.165) is 41.5 Å². The molecule has 0 fully saturated rings. The van der Waals surface area contributed by atoms with Crippen LogP contribution in [0.5, 0.6) is 5.75 Å². The molecule has 0 saturated heterocycles. The first-order valence-electron chi connectivity index (χ1n) is 11.6. The lowest BCUT2D eigenvalue weighted by molar-refractivity contribution is -0.173. The second kappa shape index (κ2) is 9.70. The zero-order valence-corrected chi connectivity index (χ0v) is 21.7. The van der Waals surface area contributed by atoms with Crippen molar-refractivity contribution in [3.05, 3.63) is 92.4 Å². The second-order valence-electron chi connectivity index (χ2n) is 8.94. The van der Waals surface area contributed by atoms with Crippen LogP contribution in [0.2, 0.25) is 5.02 Å². The quantitative estimate of drug-likeness (QED) is 0.412. The minimum Gasteiger partial charge on any atom is -0.420 e. The van der Waals surface area contributed by atoms with Crippen LogP contribution in [0.4, 0.5) is 13.2 Å². The van der Waals surface area contributed by atoms with Gasteiger partial charge in [0, 0.05) is 34.9 Å². The topological polar surface area (TPSA) is 71.8 Å². The lowest BCUT2D eigenvalue weighted by Gasteiger charge is -2.46. The molecule has 0 radical (unpaired) electrons. The number of halogens is 4. The predicted molar refractivity (Wildman–Crippen MR) is 136 cm³/mol. The van der Waals surface area contributed by atoms with Gasteiger partial charge in [-0.05, 0) is 41.8 Å². The van der Waals surface area contributed by atoms with Gasteiger partial charge in [0.2, 0.25) is 11.2 Å². The molecule has 38 heavy (non-hydrogen) atoms. The summed E-state index contributed by atoms with van der Waals surface area (Å²) in [6, 6.07) is 11.1. The fraction of sp³-hybridized carbons (Fsp3) is 0.269. The molecule has 1 amide bonds. The summed E-state index contributed by atoms with van der Waals surface area (Å²) in [6.07, 6.45) is -3.44. The number of nitrogens with zero attached hydrogens (tertiary/aromatic N) is 3. The van der Waals surface area contributed by atoms with E-state index in [2.05, 4.69) is 0 Å². The van der Waals surface area contributed by atoms with Gasteiger partial charge in [-0.25, -0.2) is 0 Å². The van der Waals surface area contributed by atoms with Crippen molar-refractivity contribution in [2.24, 2.45) is 0 Å². The lowest BCUT2D eigenvalue weighted by atomic mass is 9.94. The van der Waals surface area contributed by atoms with Crippen molar-refractivity contribution in [1.82, 2.24) is 9.58 Å². The molecule has 0 unspecified atom stereocenters. The van der Waals surface area contributed by atoms with Gasteiger partial charge in [-0.15, -0.1) is 11.8 Å². The maximum atomic E-state index is 14.0. The normalized spacial score (nSPS) is 17.7. The number of esters is 1. The maximum absolute atomic E-state index is 14.0. The van der Waals surface area contributed by atoms with Crippen LogP contribution in [0.15, 0.2) is 64.4 Å². The minimum atomic E-state index is -4.75. The number of benzene rings is 2. The van der Waals surface area contributed by atoms with Gasteiger partial charge in [0.1, 0.15) is 12.7 Å². The number of rotatable bonds is 3. The molecule has 1 aromatic heterocycles. The molecule has 2 aromatic carbocycles. The van der Waals surface area contributed by atoms with Crippen LogP contribution in [0.1, 0.15) is 47.1 Å². The first kappa shape index (κ1) is 26.2. The van der Waals surface area contributed by atoms with Crippen molar-refractivity contribution in [1.29, 1.82) is 0 Å². The van der Waals surface area contributed by atoms with Gasteiger partial charge >= 0.3 is 12.1 Å². The summed E-state index contributed by atoms with van der Waals surface area (Å²) >= 11 is 7.94. The second-order valence-corrected chi connectivity index (χ2v) is 10.4. The molecule has 0 spiro atoms. The Labute approximate surface area is 224 Å². The molecule has 0 aliphatic carbocycles. The van der Waals surface area contributed by atoms with E-state index >= 15 is 0 Å². The highest BCUT2D eigenvalue weighted by atomic mass is 35.5. The molecule has 2 aliphatic heterocycles. The van der Waals surface area contributed by atoms with Gasteiger partial charge in [-0.2, -0.15) is 13.2 Å². The fourth-order valence-electron chi connectivity index (χ4n) is 4.71. The van der Waals surface area contributed by atoms with Gasteiger partial charge in [0.05, 0.1) is 6.04 Å². The Morgan fingerprint density at radius 3 is 2.58 bits per heavy atom. The summed E-state index contributed by atoms with van der Waals surface area (Å²) in [4.78, 5) is 39.5. The summed E-state index contributed by atoms with van der Waals surface area (Å²) in [5.74, 6) is -1.99. The van der Waals surface area contributed by atoms with Crippen LogP contribution < -0.4 is 15.2 Å². The zero-order chi connectivity index (χ0) is 27.4. The Bertz CT molecular complexity index is 1510. The van der Waals surface area contributed by atoms with Crippen molar-refractivity contribution in [2.45, 2.75) is 42.8 Å². The van der Waals surface area contributed by atoms with Crippen LogP contribution in [0.3, 0.4) is 0 Å². The summed E-state index contributed by atoms with van der Waals surface area (Å²) in [6.45, 7) is 1.45. The molecule has 0 saturated carbocycles. The SMILES string of the molecule is CC(=O)Oc1c2n(ccc1=O)N([C@H]1c3ccccc3CSc3ccc(Cl)cc31)CN([C@H](C)C(F)(F)F)C2=O. The van der Waals surface area contributed by atoms with Gasteiger partial charge in [0.15, 0.2) is 5.69 Å². The van der Waals surface area contributed by atoms with Crippen molar-refractivity contribution in [3.63, 3.8) is 0 Å². The van der Waals surface area contributed by atoms with E-state index in [1.165, 1.54) is 10.9 Å². The van der Waals surface area contributed by atoms with Crippen molar-refractivity contribution < 1.29 is 27.5 Å². The van der Waals surface area contributed by atoms with Gasteiger partial charge < -0.3 is 9.64 Å². The van der Waals surface area contributed by atoms with E-state index in [-0.39, 0.29) is 0 Å². The monoisotopic (exact) mass is 563 g/mol. The molecule has 2 atom stereocenters. The van der Waals surface area contributed by atoms with Crippen molar-refractivity contribution >= 4 is 35.2 Å². The molecule has 7 nitrogen and oxygen atoms in total. The first-order chi connectivity index (χ1) is 18.0. The van der Waals surface area contributed by atoms with Crippen LogP contribution in [-0.2, 0) is 10.5 Å². The Hall–Kier alpha value is -3.44. The van der Waals surface area contributed by atoms with E-state index in [0.29, 0.717) is 15.7 Å². The standard InChI is InChI=1S/C26H21ClF3N3O4S/c1-14(26(28,29)30)31-13-33(32-10-9-20(35)24(37-15(2)34)23(32)25(31)36)22-18-6-4-3-5-16(18)12-38-21-8-7-17(27)11-19(21)22/h3-11,14,22H,12-13H2,1-2H3/t14-,22+/m1/s1. The molecule has 5 rings (SSSR count). The molecular formula is C26H21ClF3N3O4S. The summed E-state index contributed by atoms with van der Waals surface area (Å²) < 4.78 is 48.3. The number of pyridine rings is 1. The first-order valence-corrected chi connectivity index (χ1v) is 12.9. The summed E-state index contributed by atoms with van der Waals surface area (Å²) in [7, 11) is 0. The molecule has 12 heteroatoms. The number of thioether (sulfide) groups is 1. The number of aromatic nitrogens is 1. The number of fused-ring (bicyclic) bond motifs is 3. The third kappa shape index (κ3) is 4.54. The molecular weight excluding hydrogens is 543 g/mol. The van der Waals surface area contributed by atoms with Gasteiger partial charge in [-0.1, -0.05) is 35.9 Å². The predicted octanol–water partition coefficient (Wildman–Crippen LogP) is 5.12. The lowest BCUT2D eigenvalue weighted by Crippen LogP contribution is -2.60. The van der Waals surface area contributed by atoms with Crippen molar-refractivity contribution in [3.8, 4) is 5.75 Å². The van der Waals surface area contributed by atoms with Crippen LogP contribution in [0, 0.1) is 0 Å². The largest absolute Gasteiger partial charge is 0.420 e. The number of amides is 1. The Morgan fingerprint density at radius 1 is 1.13 bits per heavy atom. The number of hydrogen-bond donors (Lipinski definition) is 0. The number of ether oxygens (including phenoxy) is 1. The average molecular weight is 564 g/mol. The third-order valence-corrected chi connectivity index (χ3v) is 7.93. The van der Waals surface area contributed by atoms with Crippen LogP contribution in [0.25, 0.3) is 0 Å². The zero-order valence-electron chi connectivity index (χ0n) is 20.2. The highest BCUT2D eigenvalue weighted by Crippen LogP contribution is 2.44. The van der Waals surface area contributed by atoms with E-state index in [9.17, 15) is 27.6 Å². The number of carbonyl (C=O) groups excluding carboxylic acids is 2. The number of hydrogen-bond acceptors (Lipinski definition) is 6. The number of alkyl halides is 3. The summed E-state index contributed by atoms with van der Waals surface area (Å²) in [5.41, 5.74) is 1.20. The van der Waals surface area contributed by atoms with Crippen molar-refractivity contribution in [2.75, 3.05) is 11.7 Å². The van der Waals surface area contributed by atoms with E-state index in [1.807, 2.05) is 30.3 Å². The smallest absolute Gasteiger partial charge is 0.408 e. The van der Waals surface area contributed by atoms with Gasteiger partial charge in [0.25, 0.3) is 5.91 Å². The van der Waals surface area contributed by atoms with E-state index in [1.54, 1.807) is 28.9 Å². The molecule has 3 heterocycles. The third-order valence-electron chi connectivity index (χ3n) is 6.56. The molecule has 2 aliphatic rings. The minimum absolute atomic E-state index is 0.433. The molecule has 198 valence electrons. The Morgan fingerprint density at radius 2 is 1.87 bits per heavy atom. The Kier molecular flexibility index (Phi) is 6.68. The Balaban J connectivity index is 1.81. The fourth-order valence-corrected chi connectivity index (χ4v) is 5.96. The number of carbonyl (C=O) groups is 2. The van der Waals surface area contributed by atoms with Crippen LogP contribution >= 0.6 is 23.4 Å². The van der Waals surface area contributed by atoms with E-state index < -0.39 is 53.7 Å². The molecule has 0 bridgehead atoms. The highest BCUT2D eigenvalue weighted by molar-refractivity contribution is 7.98. The van der Waals surface area contributed by atoms with Gasteiger partial charge in [-0.3, -0.25) is 24.1 Å².